The average Bonchev–Trinajstić information content (AvgIpc) is 2.70. The molecular weight excluding hydrogens is 232 g/mol. The predicted molar refractivity (Wildman–Crippen MR) is 70.5 cm³/mol. The molecule has 3 nitrogen and oxygen atoms in total. The highest BCUT2D eigenvalue weighted by atomic mass is 32.1. The summed E-state index contributed by atoms with van der Waals surface area (Å²) >= 11 is 1.70. The molecule has 0 spiro atoms. The van der Waals surface area contributed by atoms with Gasteiger partial charge in [0.15, 0.2) is 0 Å². The number of hydrogen-bond acceptors (Lipinski definition) is 4. The Morgan fingerprint density at radius 3 is 2.53 bits per heavy atom. The van der Waals surface area contributed by atoms with Crippen molar-refractivity contribution in [3.05, 3.63) is 45.4 Å². The van der Waals surface area contributed by atoms with Crippen molar-refractivity contribution >= 4 is 11.3 Å². The van der Waals surface area contributed by atoms with E-state index in [9.17, 15) is 0 Å². The van der Waals surface area contributed by atoms with Gasteiger partial charge in [0.05, 0.1) is 17.8 Å². The van der Waals surface area contributed by atoms with Gasteiger partial charge in [-0.05, 0) is 24.6 Å². The summed E-state index contributed by atoms with van der Waals surface area (Å²) in [7, 11) is 1.67. The third kappa shape index (κ3) is 2.84. The molecule has 0 amide bonds. The Bertz CT molecular complexity index is 491. The van der Waals surface area contributed by atoms with Crippen LogP contribution in [0.15, 0.2) is 24.3 Å². The number of ether oxygens (including phenoxy) is 1. The summed E-state index contributed by atoms with van der Waals surface area (Å²) in [5, 5.41) is 1.12. The maximum atomic E-state index is 5.65. The van der Waals surface area contributed by atoms with Crippen LogP contribution in [0.25, 0.3) is 0 Å². The number of hydrogen-bond donors (Lipinski definition) is 1. The molecule has 0 unspecified atom stereocenters. The van der Waals surface area contributed by atoms with Crippen molar-refractivity contribution in [1.82, 2.24) is 4.98 Å². The van der Waals surface area contributed by atoms with Gasteiger partial charge in [-0.25, -0.2) is 4.98 Å². The van der Waals surface area contributed by atoms with E-state index in [1.165, 1.54) is 10.4 Å². The molecule has 0 fully saturated rings. The van der Waals surface area contributed by atoms with E-state index in [0.29, 0.717) is 6.54 Å². The summed E-state index contributed by atoms with van der Waals surface area (Å²) in [6.07, 6.45) is 0.857. The van der Waals surface area contributed by atoms with Crippen LogP contribution < -0.4 is 10.5 Å². The van der Waals surface area contributed by atoms with E-state index in [4.69, 9.17) is 10.5 Å². The first-order chi connectivity index (χ1) is 8.22. The Labute approximate surface area is 105 Å². The lowest BCUT2D eigenvalue weighted by atomic mass is 10.1. The number of rotatable bonds is 4. The summed E-state index contributed by atoms with van der Waals surface area (Å²) in [6.45, 7) is 2.59. The minimum atomic E-state index is 0.576. The van der Waals surface area contributed by atoms with Gasteiger partial charge in [0.2, 0.25) is 0 Å². The van der Waals surface area contributed by atoms with Crippen LogP contribution in [0.2, 0.25) is 0 Å². The molecule has 0 radical (unpaired) electrons. The molecule has 17 heavy (non-hydrogen) atoms. The van der Waals surface area contributed by atoms with E-state index in [2.05, 4.69) is 17.1 Å². The zero-order chi connectivity index (χ0) is 12.3. The molecule has 0 aliphatic rings. The maximum absolute atomic E-state index is 5.65. The lowest BCUT2D eigenvalue weighted by Gasteiger charge is -2.01. The van der Waals surface area contributed by atoms with Crippen LogP contribution in [0.5, 0.6) is 5.75 Å². The normalized spacial score (nSPS) is 10.5. The number of aryl methyl sites for hydroxylation is 1. The highest BCUT2D eigenvalue weighted by Crippen LogP contribution is 2.21. The molecular formula is C13H16N2OS. The molecule has 0 saturated heterocycles. The van der Waals surface area contributed by atoms with Gasteiger partial charge >= 0.3 is 0 Å². The fraction of sp³-hybridized carbons (Fsp3) is 0.308. The van der Waals surface area contributed by atoms with Crippen LogP contribution in [0.3, 0.4) is 0 Å². The molecule has 0 aliphatic heterocycles. The molecule has 0 saturated carbocycles. The summed E-state index contributed by atoms with van der Waals surface area (Å²) in [6, 6.07) is 8.08. The summed E-state index contributed by atoms with van der Waals surface area (Å²) < 4.78 is 5.13. The van der Waals surface area contributed by atoms with Crippen molar-refractivity contribution < 1.29 is 4.74 Å². The van der Waals surface area contributed by atoms with E-state index in [-0.39, 0.29) is 0 Å². The third-order valence-electron chi connectivity index (χ3n) is 2.64. The zero-order valence-corrected chi connectivity index (χ0v) is 10.9. The Kier molecular flexibility index (Phi) is 3.76. The summed E-state index contributed by atoms with van der Waals surface area (Å²) in [4.78, 5) is 5.70. The van der Waals surface area contributed by atoms with Crippen LogP contribution >= 0.6 is 11.3 Å². The van der Waals surface area contributed by atoms with E-state index in [1.807, 2.05) is 19.1 Å². The minimum Gasteiger partial charge on any atom is -0.497 e. The second-order valence-electron chi connectivity index (χ2n) is 3.85. The average molecular weight is 248 g/mol. The molecule has 0 atom stereocenters. The first-order valence-electron chi connectivity index (χ1n) is 5.51. The van der Waals surface area contributed by atoms with Gasteiger partial charge in [-0.15, -0.1) is 11.3 Å². The van der Waals surface area contributed by atoms with Crippen molar-refractivity contribution in [2.75, 3.05) is 7.11 Å². The molecule has 2 N–H and O–H groups in total. The molecule has 1 aromatic carbocycles. The Morgan fingerprint density at radius 1 is 1.29 bits per heavy atom. The SMILES string of the molecule is COc1ccc(Cc2nc(C)c(CN)s2)cc1. The van der Waals surface area contributed by atoms with Crippen LogP contribution in [-0.4, -0.2) is 12.1 Å². The summed E-state index contributed by atoms with van der Waals surface area (Å²) in [5.74, 6) is 0.881. The van der Waals surface area contributed by atoms with E-state index < -0.39 is 0 Å². The zero-order valence-electron chi connectivity index (χ0n) is 10.1. The molecule has 0 aliphatic carbocycles. The number of nitrogens with two attached hydrogens (primary N) is 1. The monoisotopic (exact) mass is 248 g/mol. The van der Waals surface area contributed by atoms with Gasteiger partial charge in [-0.2, -0.15) is 0 Å². The standard InChI is InChI=1S/C13H16N2OS/c1-9-12(8-14)17-13(15-9)7-10-3-5-11(16-2)6-4-10/h3-6H,7-8,14H2,1-2H3. The topological polar surface area (TPSA) is 48.1 Å². The quantitative estimate of drug-likeness (QED) is 0.904. The lowest BCUT2D eigenvalue weighted by molar-refractivity contribution is 0.414. The third-order valence-corrected chi connectivity index (χ3v) is 3.82. The van der Waals surface area contributed by atoms with Crippen molar-refractivity contribution in [3.8, 4) is 5.75 Å². The smallest absolute Gasteiger partial charge is 0.118 e. The Morgan fingerprint density at radius 2 is 2.00 bits per heavy atom. The number of thiazole rings is 1. The van der Waals surface area contributed by atoms with Crippen LogP contribution in [0, 0.1) is 6.92 Å². The van der Waals surface area contributed by atoms with Gasteiger partial charge in [0.1, 0.15) is 5.75 Å². The molecule has 1 aromatic heterocycles. The molecule has 1 heterocycles. The highest BCUT2D eigenvalue weighted by Gasteiger charge is 2.06. The van der Waals surface area contributed by atoms with Crippen molar-refractivity contribution in [1.29, 1.82) is 0 Å². The molecule has 2 aromatic rings. The molecule has 90 valence electrons. The minimum absolute atomic E-state index is 0.576. The first kappa shape index (κ1) is 12.1. The van der Waals surface area contributed by atoms with Gasteiger partial charge < -0.3 is 10.5 Å². The van der Waals surface area contributed by atoms with Crippen LogP contribution in [0.1, 0.15) is 21.1 Å². The lowest BCUT2D eigenvalue weighted by Crippen LogP contribution is -1.94. The van der Waals surface area contributed by atoms with Crippen molar-refractivity contribution in [2.45, 2.75) is 19.9 Å². The summed E-state index contributed by atoms with van der Waals surface area (Å²) in [5.41, 5.74) is 7.94. The fourth-order valence-electron chi connectivity index (χ4n) is 1.67. The molecule has 2 rings (SSSR count). The maximum Gasteiger partial charge on any atom is 0.118 e. The second kappa shape index (κ2) is 5.29. The first-order valence-corrected chi connectivity index (χ1v) is 6.32. The predicted octanol–water partition coefficient (Wildman–Crippen LogP) is 2.51. The van der Waals surface area contributed by atoms with Crippen LogP contribution in [-0.2, 0) is 13.0 Å². The van der Waals surface area contributed by atoms with E-state index in [0.717, 1.165) is 22.9 Å². The van der Waals surface area contributed by atoms with E-state index >= 15 is 0 Å². The second-order valence-corrected chi connectivity index (χ2v) is 5.01. The molecule has 0 bridgehead atoms. The molecule has 4 heteroatoms. The van der Waals surface area contributed by atoms with E-state index in [1.54, 1.807) is 18.4 Å². The Hall–Kier alpha value is -1.39. The number of benzene rings is 1. The van der Waals surface area contributed by atoms with Crippen molar-refractivity contribution in [2.24, 2.45) is 5.73 Å². The van der Waals surface area contributed by atoms with Crippen molar-refractivity contribution in [3.63, 3.8) is 0 Å². The fourth-order valence-corrected chi connectivity index (χ4v) is 2.65. The Balaban J connectivity index is 2.13. The number of methoxy groups -OCH3 is 1. The van der Waals surface area contributed by atoms with Crippen LogP contribution in [0.4, 0.5) is 0 Å². The van der Waals surface area contributed by atoms with Gasteiger partial charge in [0, 0.05) is 17.8 Å². The number of aromatic nitrogens is 1. The largest absolute Gasteiger partial charge is 0.497 e. The highest BCUT2D eigenvalue weighted by molar-refractivity contribution is 7.11. The number of nitrogens with zero attached hydrogens (tertiary/aromatic N) is 1. The van der Waals surface area contributed by atoms with Gasteiger partial charge in [0.25, 0.3) is 0 Å². The van der Waals surface area contributed by atoms with Gasteiger partial charge in [-0.1, -0.05) is 12.1 Å². The van der Waals surface area contributed by atoms with Gasteiger partial charge in [-0.3, -0.25) is 0 Å².